The van der Waals surface area contributed by atoms with Crippen molar-refractivity contribution in [3.8, 4) is 0 Å². The summed E-state index contributed by atoms with van der Waals surface area (Å²) in [6.45, 7) is 2.20. The normalized spacial score (nSPS) is 20.6. The maximum atomic E-state index is 3.52. The molecular formula is C18H27NS. The summed E-state index contributed by atoms with van der Waals surface area (Å²) in [6.07, 6.45) is 10.6. The summed E-state index contributed by atoms with van der Waals surface area (Å²) in [5.74, 6) is 1.13. The molecule has 0 spiro atoms. The minimum Gasteiger partial charge on any atom is -0.313 e. The standard InChI is InChI=1S/C18H27NS/c1-15-10-8-9-13-18(15)20-14-17(19-2)16-11-6-4-3-5-7-12-16/h8-11,13,17,19H,3-7,12,14H2,1-2H3/b16-11+. The number of likely N-dealkylation sites (N-methyl/N-ethyl adjacent to an activating group) is 1. The minimum atomic E-state index is 0.526. The van der Waals surface area contributed by atoms with Crippen LogP contribution in [0.2, 0.25) is 0 Å². The second-order valence-corrected chi connectivity index (χ2v) is 6.71. The van der Waals surface area contributed by atoms with Crippen molar-refractivity contribution < 1.29 is 0 Å². The van der Waals surface area contributed by atoms with E-state index in [1.807, 2.05) is 11.8 Å². The third-order valence-electron chi connectivity index (χ3n) is 4.12. The molecule has 0 aromatic heterocycles. The number of rotatable bonds is 5. The molecule has 2 heteroatoms. The van der Waals surface area contributed by atoms with Crippen molar-refractivity contribution in [2.75, 3.05) is 12.8 Å². The summed E-state index contributed by atoms with van der Waals surface area (Å²) >= 11 is 1.98. The van der Waals surface area contributed by atoms with Crippen LogP contribution >= 0.6 is 11.8 Å². The summed E-state index contributed by atoms with van der Waals surface area (Å²) in [7, 11) is 2.10. The number of hydrogen-bond donors (Lipinski definition) is 1. The monoisotopic (exact) mass is 289 g/mol. The van der Waals surface area contributed by atoms with E-state index in [1.54, 1.807) is 5.57 Å². The van der Waals surface area contributed by atoms with E-state index in [4.69, 9.17) is 0 Å². The summed E-state index contributed by atoms with van der Waals surface area (Å²) in [5, 5.41) is 3.52. The van der Waals surface area contributed by atoms with Crippen molar-refractivity contribution in [1.82, 2.24) is 5.32 Å². The molecule has 0 amide bonds. The molecular weight excluding hydrogens is 262 g/mol. The van der Waals surface area contributed by atoms with Gasteiger partial charge in [-0.25, -0.2) is 0 Å². The third-order valence-corrected chi connectivity index (χ3v) is 5.39. The highest BCUT2D eigenvalue weighted by atomic mass is 32.2. The number of thioether (sulfide) groups is 1. The number of hydrogen-bond acceptors (Lipinski definition) is 2. The summed E-state index contributed by atoms with van der Waals surface area (Å²) < 4.78 is 0. The highest BCUT2D eigenvalue weighted by Gasteiger charge is 2.14. The fourth-order valence-corrected chi connectivity index (χ4v) is 4.00. The minimum absolute atomic E-state index is 0.526. The van der Waals surface area contributed by atoms with Crippen molar-refractivity contribution in [3.05, 3.63) is 41.5 Å². The Hall–Kier alpha value is -0.730. The SMILES string of the molecule is CNC(CSc1ccccc1C)/C1=C/CCCCCC1. The van der Waals surface area contributed by atoms with Gasteiger partial charge in [0.1, 0.15) is 0 Å². The molecule has 0 saturated carbocycles. The van der Waals surface area contributed by atoms with E-state index in [-0.39, 0.29) is 0 Å². The summed E-state index contributed by atoms with van der Waals surface area (Å²) in [6, 6.07) is 9.22. The van der Waals surface area contributed by atoms with E-state index in [0.29, 0.717) is 6.04 Å². The Morgan fingerprint density at radius 3 is 2.75 bits per heavy atom. The molecule has 1 aromatic rings. The molecule has 2 rings (SSSR count). The van der Waals surface area contributed by atoms with Crippen LogP contribution in [0.25, 0.3) is 0 Å². The van der Waals surface area contributed by atoms with Crippen LogP contribution in [0.3, 0.4) is 0 Å². The van der Waals surface area contributed by atoms with Gasteiger partial charge in [0.2, 0.25) is 0 Å². The van der Waals surface area contributed by atoms with Crippen molar-refractivity contribution in [2.45, 2.75) is 56.4 Å². The van der Waals surface area contributed by atoms with Crippen LogP contribution in [0, 0.1) is 6.92 Å². The van der Waals surface area contributed by atoms with E-state index in [0.717, 1.165) is 5.75 Å². The molecule has 0 heterocycles. The van der Waals surface area contributed by atoms with Crippen LogP contribution in [-0.2, 0) is 0 Å². The van der Waals surface area contributed by atoms with Gasteiger partial charge in [-0.1, -0.05) is 42.7 Å². The van der Waals surface area contributed by atoms with Gasteiger partial charge in [0.05, 0.1) is 0 Å². The smallest absolute Gasteiger partial charge is 0.0371 e. The van der Waals surface area contributed by atoms with Gasteiger partial charge in [0, 0.05) is 16.7 Å². The van der Waals surface area contributed by atoms with Gasteiger partial charge in [0.25, 0.3) is 0 Å². The molecule has 1 aromatic carbocycles. The first-order valence-corrected chi connectivity index (χ1v) is 8.84. The van der Waals surface area contributed by atoms with Crippen molar-refractivity contribution >= 4 is 11.8 Å². The Morgan fingerprint density at radius 1 is 1.15 bits per heavy atom. The molecule has 1 atom stereocenters. The lowest BCUT2D eigenvalue weighted by atomic mass is 9.96. The third kappa shape index (κ3) is 4.68. The predicted molar refractivity (Wildman–Crippen MR) is 90.5 cm³/mol. The molecule has 0 fully saturated rings. The van der Waals surface area contributed by atoms with E-state index >= 15 is 0 Å². The first-order chi connectivity index (χ1) is 9.81. The molecule has 0 aliphatic heterocycles. The average Bonchev–Trinajstić information content (AvgIpc) is 2.42. The number of allylic oxidation sites excluding steroid dienone is 1. The lowest BCUT2D eigenvalue weighted by Gasteiger charge is -2.22. The van der Waals surface area contributed by atoms with E-state index in [1.165, 1.54) is 49.0 Å². The molecule has 1 nitrogen and oxygen atoms in total. The molecule has 20 heavy (non-hydrogen) atoms. The quantitative estimate of drug-likeness (QED) is 0.607. The lowest BCUT2D eigenvalue weighted by molar-refractivity contribution is 0.583. The van der Waals surface area contributed by atoms with Crippen LogP contribution in [0.1, 0.15) is 44.1 Å². The first kappa shape index (κ1) is 15.7. The van der Waals surface area contributed by atoms with Gasteiger partial charge in [-0.3, -0.25) is 0 Å². The fourth-order valence-electron chi connectivity index (χ4n) is 2.80. The topological polar surface area (TPSA) is 12.0 Å². The highest BCUT2D eigenvalue weighted by Crippen LogP contribution is 2.26. The number of benzene rings is 1. The zero-order valence-electron chi connectivity index (χ0n) is 12.8. The Bertz CT molecular complexity index is 439. The average molecular weight is 289 g/mol. The fraction of sp³-hybridized carbons (Fsp3) is 0.556. The predicted octanol–water partition coefficient (Wildman–Crippen LogP) is 4.96. The molecule has 1 aliphatic rings. The van der Waals surface area contributed by atoms with Crippen molar-refractivity contribution in [2.24, 2.45) is 0 Å². The van der Waals surface area contributed by atoms with Gasteiger partial charge >= 0.3 is 0 Å². The van der Waals surface area contributed by atoms with Gasteiger partial charge in [0.15, 0.2) is 0 Å². The highest BCUT2D eigenvalue weighted by molar-refractivity contribution is 7.99. The van der Waals surface area contributed by atoms with Crippen LogP contribution in [0.4, 0.5) is 0 Å². The van der Waals surface area contributed by atoms with Crippen molar-refractivity contribution in [1.29, 1.82) is 0 Å². The Morgan fingerprint density at radius 2 is 1.95 bits per heavy atom. The van der Waals surface area contributed by atoms with Crippen LogP contribution in [0.5, 0.6) is 0 Å². The second-order valence-electron chi connectivity index (χ2n) is 5.65. The zero-order chi connectivity index (χ0) is 14.2. The Labute approximate surface area is 128 Å². The molecule has 1 N–H and O–H groups in total. The molecule has 1 unspecified atom stereocenters. The van der Waals surface area contributed by atoms with Crippen molar-refractivity contribution in [3.63, 3.8) is 0 Å². The Kier molecular flexibility index (Phi) is 6.68. The molecule has 0 radical (unpaired) electrons. The maximum absolute atomic E-state index is 3.52. The number of aryl methyl sites for hydroxylation is 1. The van der Waals surface area contributed by atoms with Crippen LogP contribution in [-0.4, -0.2) is 18.8 Å². The van der Waals surface area contributed by atoms with Gasteiger partial charge in [-0.05, 0) is 51.3 Å². The van der Waals surface area contributed by atoms with E-state index < -0.39 is 0 Å². The van der Waals surface area contributed by atoms with Gasteiger partial charge in [-0.2, -0.15) is 0 Å². The molecule has 0 saturated heterocycles. The largest absolute Gasteiger partial charge is 0.313 e. The molecule has 0 bridgehead atoms. The molecule has 1 aliphatic carbocycles. The van der Waals surface area contributed by atoms with E-state index in [9.17, 15) is 0 Å². The summed E-state index contributed by atoms with van der Waals surface area (Å²) in [4.78, 5) is 1.42. The summed E-state index contributed by atoms with van der Waals surface area (Å²) in [5.41, 5.74) is 3.02. The van der Waals surface area contributed by atoms with E-state index in [2.05, 4.69) is 49.6 Å². The zero-order valence-corrected chi connectivity index (χ0v) is 13.6. The van der Waals surface area contributed by atoms with Gasteiger partial charge < -0.3 is 5.32 Å². The lowest BCUT2D eigenvalue weighted by Crippen LogP contribution is -2.30. The maximum Gasteiger partial charge on any atom is 0.0371 e. The molecule has 110 valence electrons. The Balaban J connectivity index is 1.96. The second kappa shape index (κ2) is 8.53. The van der Waals surface area contributed by atoms with Gasteiger partial charge in [-0.15, -0.1) is 11.8 Å². The van der Waals surface area contributed by atoms with Crippen LogP contribution < -0.4 is 5.32 Å². The number of nitrogens with one attached hydrogen (secondary N) is 1. The van der Waals surface area contributed by atoms with Crippen LogP contribution in [0.15, 0.2) is 40.8 Å². The first-order valence-electron chi connectivity index (χ1n) is 7.86.